The van der Waals surface area contributed by atoms with E-state index in [2.05, 4.69) is 47.2 Å². The molecule has 9 heteroatoms. The van der Waals surface area contributed by atoms with Crippen molar-refractivity contribution in [2.75, 3.05) is 13.9 Å². The quantitative estimate of drug-likeness (QED) is 0.109. The van der Waals surface area contributed by atoms with Crippen molar-refractivity contribution >= 4 is 23.1 Å². The summed E-state index contributed by atoms with van der Waals surface area (Å²) in [4.78, 5) is 14.5. The summed E-state index contributed by atoms with van der Waals surface area (Å²) in [7, 11) is 0.500. The number of allylic oxidation sites excluding steroid dienone is 1. The predicted octanol–water partition coefficient (Wildman–Crippen LogP) is 9.53. The third kappa shape index (κ3) is 16.1. The van der Waals surface area contributed by atoms with Gasteiger partial charge in [-0.05, 0) is 66.6 Å². The van der Waals surface area contributed by atoms with Gasteiger partial charge in [-0.15, -0.1) is 5.92 Å². The van der Waals surface area contributed by atoms with Crippen molar-refractivity contribution in [2.45, 2.75) is 70.3 Å². The molecular weight excluding hydrogens is 592 g/mol. The maximum Gasteiger partial charge on any atom is 0.427 e. The summed E-state index contributed by atoms with van der Waals surface area (Å²) >= 11 is 5.99. The number of amides is 1. The van der Waals surface area contributed by atoms with Crippen LogP contribution in [0.25, 0.3) is 5.57 Å². The topological polar surface area (TPSA) is 65.2 Å². The van der Waals surface area contributed by atoms with Gasteiger partial charge in [0.05, 0.1) is 23.8 Å². The van der Waals surface area contributed by atoms with Crippen molar-refractivity contribution in [1.29, 1.82) is 0 Å². The van der Waals surface area contributed by atoms with E-state index in [1.165, 1.54) is 17.7 Å². The van der Waals surface area contributed by atoms with Crippen LogP contribution in [0.15, 0.2) is 79.5 Å². The van der Waals surface area contributed by atoms with Crippen LogP contribution in [0.4, 0.5) is 17.6 Å². The molecule has 3 rings (SSSR count). The molecule has 3 aromatic rings. The highest BCUT2D eigenvalue weighted by Crippen LogP contribution is 2.30. The van der Waals surface area contributed by atoms with E-state index in [0.717, 1.165) is 44.2 Å². The number of aromatic nitrogens is 1. The number of alkyl halides is 4. The van der Waals surface area contributed by atoms with Crippen molar-refractivity contribution in [2.24, 2.45) is 5.73 Å². The number of pyridine rings is 1. The highest BCUT2D eigenvalue weighted by molar-refractivity contribution is 6.30. The number of hydrogen-bond acceptors (Lipinski definition) is 3. The lowest BCUT2D eigenvalue weighted by molar-refractivity contribution is -0.186. The fourth-order valence-corrected chi connectivity index (χ4v) is 4.05. The molecule has 0 fully saturated rings. The van der Waals surface area contributed by atoms with Gasteiger partial charge in [-0.3, -0.25) is 14.2 Å². The van der Waals surface area contributed by atoms with Gasteiger partial charge in [-0.1, -0.05) is 86.3 Å². The Morgan fingerprint density at radius 2 is 1.80 bits per heavy atom. The van der Waals surface area contributed by atoms with Gasteiger partial charge in [0.1, 0.15) is 5.75 Å². The number of halogens is 5. The van der Waals surface area contributed by atoms with Gasteiger partial charge in [0.2, 0.25) is 5.91 Å². The number of benzene rings is 2. The number of aryl methyl sites for hydroxylation is 1. The van der Waals surface area contributed by atoms with Crippen LogP contribution in [0.1, 0.15) is 74.6 Å². The molecule has 238 valence electrons. The monoisotopic (exact) mass is 632 g/mol. The van der Waals surface area contributed by atoms with Crippen molar-refractivity contribution in [3.8, 4) is 17.6 Å². The molecule has 0 radical (unpaired) electrons. The number of nitrogens with zero attached hydrogens (tertiary/aromatic N) is 1. The third-order valence-electron chi connectivity index (χ3n) is 6.14. The van der Waals surface area contributed by atoms with E-state index >= 15 is 0 Å². The highest BCUT2D eigenvalue weighted by Gasteiger charge is 2.31. The first kappa shape index (κ1) is 38.2. The largest absolute Gasteiger partial charge is 0.431 e. The minimum Gasteiger partial charge on any atom is -0.431 e. The van der Waals surface area contributed by atoms with Crippen LogP contribution in [0.5, 0.6) is 5.75 Å². The van der Waals surface area contributed by atoms with E-state index in [4.69, 9.17) is 17.3 Å². The number of rotatable bonds is 14. The smallest absolute Gasteiger partial charge is 0.427 e. The summed E-state index contributed by atoms with van der Waals surface area (Å²) in [5.41, 5.74) is 8.20. The molecule has 44 heavy (non-hydrogen) atoms. The fourth-order valence-electron chi connectivity index (χ4n) is 3.94. The van der Waals surface area contributed by atoms with Gasteiger partial charge < -0.3 is 10.5 Å². The molecule has 1 heterocycles. The standard InChI is InChI=1S/C28H25ClF3NO.C6H13NO.CH3F/c1-21(23-13-8-14-26(18-23)34-28(31,32)20-30)17-24(27-16-15-25(29)19-33-27)12-7-3-6-11-22-9-4-2-5-10-22;1-2-3-4-5-6(7)8;1-2/h2,4-5,8-10,13-16,18-19,24H,1,3,6,11,17,20H2;2-5H2,1H3,(H2,7,8);1H3. The minimum absolute atomic E-state index is 0.130. The number of carbonyl (C=O) groups excluding carboxylic acids is 1. The van der Waals surface area contributed by atoms with Gasteiger partial charge in [-0.2, -0.15) is 8.78 Å². The van der Waals surface area contributed by atoms with Crippen molar-refractivity contribution in [3.05, 3.63) is 101 Å². The lowest BCUT2D eigenvalue weighted by Crippen LogP contribution is -2.26. The second-order valence-electron chi connectivity index (χ2n) is 9.75. The Bertz CT molecular complexity index is 1310. The Morgan fingerprint density at radius 3 is 2.41 bits per heavy atom. The van der Waals surface area contributed by atoms with Gasteiger partial charge >= 0.3 is 6.11 Å². The van der Waals surface area contributed by atoms with E-state index in [-0.39, 0.29) is 17.6 Å². The van der Waals surface area contributed by atoms with Crippen molar-refractivity contribution < 1.29 is 27.1 Å². The Kier molecular flexibility index (Phi) is 18.9. The Labute approximate surface area is 263 Å². The molecule has 0 saturated carbocycles. The number of primary amides is 1. The van der Waals surface area contributed by atoms with E-state index < -0.39 is 12.8 Å². The molecule has 4 nitrogen and oxygen atoms in total. The second kappa shape index (κ2) is 21.8. The zero-order chi connectivity index (χ0) is 32.8. The van der Waals surface area contributed by atoms with Crippen LogP contribution >= 0.6 is 11.6 Å². The molecule has 0 aliphatic heterocycles. The van der Waals surface area contributed by atoms with Crippen LogP contribution in [-0.4, -0.2) is 30.9 Å². The van der Waals surface area contributed by atoms with Gasteiger partial charge in [0.15, 0.2) is 6.67 Å². The fraction of sp³-hybridized carbons (Fsp3) is 0.371. The number of nitrogens with two attached hydrogens (primary N) is 1. The molecule has 1 unspecified atom stereocenters. The maximum absolute atomic E-state index is 13.3. The first-order valence-corrected chi connectivity index (χ1v) is 14.7. The first-order valence-electron chi connectivity index (χ1n) is 14.3. The molecular formula is C35H41ClF4N2O2. The van der Waals surface area contributed by atoms with Crippen LogP contribution < -0.4 is 10.5 Å². The normalized spacial score (nSPS) is 11.0. The molecule has 0 aliphatic rings. The van der Waals surface area contributed by atoms with Gasteiger partial charge in [0, 0.05) is 19.0 Å². The molecule has 0 bridgehead atoms. The van der Waals surface area contributed by atoms with E-state index in [1.54, 1.807) is 24.4 Å². The molecule has 2 N–H and O–H groups in total. The SMILES string of the molecule is C=C(CC(C#CCCCc1ccccc1)c1ccc(Cl)cn1)c1cccc(OC(F)(F)CF)c1.CCCCCC(N)=O.CF. The van der Waals surface area contributed by atoms with Crippen LogP contribution in [0.3, 0.4) is 0 Å². The molecule has 1 atom stereocenters. The summed E-state index contributed by atoms with van der Waals surface area (Å²) < 4.78 is 53.0. The number of hydrogen-bond donors (Lipinski definition) is 1. The predicted molar refractivity (Wildman–Crippen MR) is 171 cm³/mol. The molecule has 1 aromatic heterocycles. The average molecular weight is 633 g/mol. The summed E-state index contributed by atoms with van der Waals surface area (Å²) in [5.74, 6) is 5.97. The van der Waals surface area contributed by atoms with Crippen LogP contribution in [0.2, 0.25) is 5.02 Å². The minimum atomic E-state index is -3.87. The second-order valence-corrected chi connectivity index (χ2v) is 10.2. The summed E-state index contributed by atoms with van der Waals surface area (Å²) in [6, 6.07) is 19.9. The van der Waals surface area contributed by atoms with Crippen molar-refractivity contribution in [1.82, 2.24) is 4.98 Å². The molecule has 0 saturated heterocycles. The highest BCUT2D eigenvalue weighted by atomic mass is 35.5. The van der Waals surface area contributed by atoms with E-state index in [1.807, 2.05) is 24.3 Å². The van der Waals surface area contributed by atoms with Gasteiger partial charge in [0.25, 0.3) is 0 Å². The lowest BCUT2D eigenvalue weighted by Gasteiger charge is -2.16. The van der Waals surface area contributed by atoms with E-state index in [9.17, 15) is 22.4 Å². The average Bonchev–Trinajstić information content (AvgIpc) is 3.02. The Hall–Kier alpha value is -3.83. The van der Waals surface area contributed by atoms with E-state index in [0.29, 0.717) is 36.2 Å². The van der Waals surface area contributed by atoms with Crippen LogP contribution in [0, 0.1) is 11.8 Å². The summed E-state index contributed by atoms with van der Waals surface area (Å²) in [6.07, 6.45) is 4.49. The van der Waals surface area contributed by atoms with Crippen LogP contribution in [-0.2, 0) is 11.2 Å². The summed E-state index contributed by atoms with van der Waals surface area (Å²) in [6.45, 7) is 4.31. The number of ether oxygens (including phenoxy) is 1. The third-order valence-corrected chi connectivity index (χ3v) is 6.36. The Balaban J connectivity index is 0.000000840. The molecule has 2 aromatic carbocycles. The number of carbonyl (C=O) groups is 1. The zero-order valence-electron chi connectivity index (χ0n) is 25.3. The van der Waals surface area contributed by atoms with Gasteiger partial charge in [-0.25, -0.2) is 4.39 Å². The Morgan fingerprint density at radius 1 is 1.07 bits per heavy atom. The molecule has 0 spiro atoms. The lowest BCUT2D eigenvalue weighted by atomic mass is 9.92. The zero-order valence-corrected chi connectivity index (χ0v) is 26.1. The molecule has 1 amide bonds. The number of unbranched alkanes of at least 4 members (excludes halogenated alkanes) is 3. The summed E-state index contributed by atoms with van der Waals surface area (Å²) in [5, 5.41) is 0.524. The first-order chi connectivity index (χ1) is 21.1. The maximum atomic E-state index is 13.3. The van der Waals surface area contributed by atoms with Crippen molar-refractivity contribution in [3.63, 3.8) is 0 Å². The molecule has 0 aliphatic carbocycles.